The summed E-state index contributed by atoms with van der Waals surface area (Å²) in [7, 11) is -3.91. The van der Waals surface area contributed by atoms with Crippen molar-refractivity contribution in [3.8, 4) is 0 Å². The Kier molecular flexibility index (Phi) is 4.32. The van der Waals surface area contributed by atoms with Crippen molar-refractivity contribution in [2.24, 2.45) is 5.41 Å². The zero-order valence-corrected chi connectivity index (χ0v) is 12.1. The summed E-state index contributed by atoms with van der Waals surface area (Å²) in [5, 5.41) is 10.5. The number of benzene rings is 1. The summed E-state index contributed by atoms with van der Waals surface area (Å²) in [6.07, 6.45) is -0.507. The summed E-state index contributed by atoms with van der Waals surface area (Å²) in [5.74, 6) is 0. The molecule has 106 valence electrons. The first-order valence-corrected chi connectivity index (χ1v) is 7.12. The molecule has 0 aromatic heterocycles. The van der Waals surface area contributed by atoms with Crippen LogP contribution in [0.3, 0.4) is 0 Å². The first kappa shape index (κ1) is 15.6. The molecule has 1 aromatic rings. The van der Waals surface area contributed by atoms with Crippen LogP contribution in [0.25, 0.3) is 0 Å². The molecule has 0 aliphatic heterocycles. The van der Waals surface area contributed by atoms with Crippen molar-refractivity contribution in [1.82, 2.24) is 0 Å². The summed E-state index contributed by atoms with van der Waals surface area (Å²) in [5.41, 5.74) is -0.490. The Morgan fingerprint density at radius 3 is 2.05 bits per heavy atom. The predicted octanol–water partition coefficient (Wildman–Crippen LogP) is 2.73. The van der Waals surface area contributed by atoms with Crippen LogP contribution in [0.1, 0.15) is 27.7 Å². The van der Waals surface area contributed by atoms with Gasteiger partial charge in [0.05, 0.1) is 15.9 Å². The third kappa shape index (κ3) is 4.00. The monoisotopic (exact) mass is 287 g/mol. The minimum absolute atomic E-state index is 0.0887. The molecule has 6 nitrogen and oxygen atoms in total. The van der Waals surface area contributed by atoms with E-state index in [1.54, 1.807) is 6.92 Å². The van der Waals surface area contributed by atoms with E-state index in [-0.39, 0.29) is 16.0 Å². The van der Waals surface area contributed by atoms with Gasteiger partial charge in [-0.25, -0.2) is 0 Å². The van der Waals surface area contributed by atoms with Crippen LogP contribution < -0.4 is 0 Å². The van der Waals surface area contributed by atoms with Crippen LogP contribution >= 0.6 is 0 Å². The number of non-ortho nitro benzene ring substituents is 1. The van der Waals surface area contributed by atoms with Crippen molar-refractivity contribution in [1.29, 1.82) is 0 Å². The van der Waals surface area contributed by atoms with E-state index in [2.05, 4.69) is 0 Å². The van der Waals surface area contributed by atoms with Gasteiger partial charge in [-0.3, -0.25) is 14.3 Å². The molecule has 1 unspecified atom stereocenters. The van der Waals surface area contributed by atoms with E-state index in [9.17, 15) is 18.5 Å². The number of hydrogen-bond acceptors (Lipinski definition) is 5. The van der Waals surface area contributed by atoms with E-state index in [0.29, 0.717) is 0 Å². The fourth-order valence-corrected chi connectivity index (χ4v) is 2.37. The zero-order chi connectivity index (χ0) is 14.8. The van der Waals surface area contributed by atoms with Crippen molar-refractivity contribution in [2.75, 3.05) is 0 Å². The van der Waals surface area contributed by atoms with Crippen LogP contribution in [0.4, 0.5) is 5.69 Å². The number of nitro benzene ring substituents is 1. The molecule has 0 heterocycles. The Labute approximate surface area is 112 Å². The quantitative estimate of drug-likeness (QED) is 0.483. The van der Waals surface area contributed by atoms with Gasteiger partial charge in [0.1, 0.15) is 0 Å². The Balaban J connectivity index is 2.98. The van der Waals surface area contributed by atoms with Crippen molar-refractivity contribution < 1.29 is 17.5 Å². The van der Waals surface area contributed by atoms with E-state index in [4.69, 9.17) is 4.18 Å². The van der Waals surface area contributed by atoms with Gasteiger partial charge in [0.25, 0.3) is 15.8 Å². The van der Waals surface area contributed by atoms with Crippen LogP contribution in [0, 0.1) is 15.5 Å². The summed E-state index contributed by atoms with van der Waals surface area (Å²) in [4.78, 5) is 9.82. The van der Waals surface area contributed by atoms with Crippen LogP contribution in [0.15, 0.2) is 29.2 Å². The maximum atomic E-state index is 12.0. The van der Waals surface area contributed by atoms with Crippen molar-refractivity contribution in [3.63, 3.8) is 0 Å². The number of nitro groups is 1. The van der Waals surface area contributed by atoms with Gasteiger partial charge >= 0.3 is 0 Å². The molecule has 19 heavy (non-hydrogen) atoms. The van der Waals surface area contributed by atoms with E-state index in [1.807, 2.05) is 20.8 Å². The lowest BCUT2D eigenvalue weighted by Crippen LogP contribution is -2.28. The molecule has 0 aliphatic rings. The highest BCUT2D eigenvalue weighted by molar-refractivity contribution is 7.86. The molecule has 1 rings (SSSR count). The topological polar surface area (TPSA) is 86.5 Å². The van der Waals surface area contributed by atoms with Crippen LogP contribution in [-0.2, 0) is 14.3 Å². The summed E-state index contributed by atoms with van der Waals surface area (Å²) in [6, 6.07) is 4.61. The fraction of sp³-hybridized carbons (Fsp3) is 0.500. The first-order valence-electron chi connectivity index (χ1n) is 5.72. The Bertz CT molecular complexity index is 557. The zero-order valence-electron chi connectivity index (χ0n) is 11.3. The minimum atomic E-state index is -3.91. The predicted molar refractivity (Wildman–Crippen MR) is 70.3 cm³/mol. The molecule has 0 aliphatic carbocycles. The van der Waals surface area contributed by atoms with Gasteiger partial charge in [0, 0.05) is 12.1 Å². The molecule has 0 fully saturated rings. The molecule has 0 radical (unpaired) electrons. The molecule has 0 bridgehead atoms. The average Bonchev–Trinajstić information content (AvgIpc) is 2.27. The summed E-state index contributed by atoms with van der Waals surface area (Å²) in [6.45, 7) is 7.26. The Hall–Kier alpha value is -1.47. The second kappa shape index (κ2) is 5.26. The van der Waals surface area contributed by atoms with E-state index in [1.165, 1.54) is 12.1 Å². The molecule has 1 atom stereocenters. The minimum Gasteiger partial charge on any atom is -0.263 e. The van der Waals surface area contributed by atoms with Gasteiger partial charge in [-0.15, -0.1) is 0 Å². The highest BCUT2D eigenvalue weighted by Gasteiger charge is 2.27. The molecule has 0 saturated carbocycles. The van der Waals surface area contributed by atoms with Gasteiger partial charge in [-0.1, -0.05) is 20.8 Å². The number of nitrogens with zero attached hydrogens (tertiary/aromatic N) is 1. The lowest BCUT2D eigenvalue weighted by Gasteiger charge is -2.26. The Morgan fingerprint density at radius 1 is 1.21 bits per heavy atom. The highest BCUT2D eigenvalue weighted by atomic mass is 32.2. The lowest BCUT2D eigenvalue weighted by atomic mass is 9.91. The van der Waals surface area contributed by atoms with Crippen LogP contribution in [0.5, 0.6) is 0 Å². The lowest BCUT2D eigenvalue weighted by molar-refractivity contribution is -0.384. The molecule has 0 spiro atoms. The molecule has 0 amide bonds. The van der Waals surface area contributed by atoms with Crippen molar-refractivity contribution in [3.05, 3.63) is 34.4 Å². The second-order valence-electron chi connectivity index (χ2n) is 5.31. The fourth-order valence-electron chi connectivity index (χ4n) is 1.12. The largest absolute Gasteiger partial charge is 0.297 e. The van der Waals surface area contributed by atoms with Gasteiger partial charge in [-0.05, 0) is 24.5 Å². The maximum Gasteiger partial charge on any atom is 0.297 e. The molecule has 0 N–H and O–H groups in total. The normalized spacial score (nSPS) is 14.1. The van der Waals surface area contributed by atoms with Crippen LogP contribution in [0.2, 0.25) is 0 Å². The van der Waals surface area contributed by atoms with Gasteiger partial charge < -0.3 is 0 Å². The van der Waals surface area contributed by atoms with E-state index >= 15 is 0 Å². The van der Waals surface area contributed by atoms with Gasteiger partial charge in [0.15, 0.2) is 0 Å². The third-order valence-corrected chi connectivity index (χ3v) is 4.22. The summed E-state index contributed by atoms with van der Waals surface area (Å²) >= 11 is 0. The maximum absolute atomic E-state index is 12.0. The third-order valence-electron chi connectivity index (χ3n) is 2.83. The van der Waals surface area contributed by atoms with Crippen LogP contribution in [-0.4, -0.2) is 19.4 Å². The SMILES string of the molecule is CC(OS(=O)(=O)c1ccc([N+](=O)[O-])cc1)C(C)(C)C. The first-order chi connectivity index (χ1) is 8.54. The number of rotatable bonds is 4. The van der Waals surface area contributed by atoms with Gasteiger partial charge in [0.2, 0.25) is 0 Å². The second-order valence-corrected chi connectivity index (χ2v) is 6.88. The molecule has 1 aromatic carbocycles. The highest BCUT2D eigenvalue weighted by Crippen LogP contribution is 2.26. The Morgan fingerprint density at radius 2 is 1.68 bits per heavy atom. The number of hydrogen-bond donors (Lipinski definition) is 0. The smallest absolute Gasteiger partial charge is 0.263 e. The van der Waals surface area contributed by atoms with E-state index < -0.39 is 21.1 Å². The van der Waals surface area contributed by atoms with Crippen molar-refractivity contribution >= 4 is 15.8 Å². The molecule has 7 heteroatoms. The van der Waals surface area contributed by atoms with Gasteiger partial charge in [-0.2, -0.15) is 8.42 Å². The average molecular weight is 287 g/mol. The molecular formula is C12H17NO5S. The molecular weight excluding hydrogens is 270 g/mol. The standard InChI is InChI=1S/C12H17NO5S/c1-9(12(2,3)4)18-19(16,17)11-7-5-10(6-8-11)13(14)15/h5-9H,1-4H3. The summed E-state index contributed by atoms with van der Waals surface area (Å²) < 4.78 is 29.0. The van der Waals surface area contributed by atoms with E-state index in [0.717, 1.165) is 12.1 Å². The molecule has 0 saturated heterocycles. The van der Waals surface area contributed by atoms with Crippen molar-refractivity contribution in [2.45, 2.75) is 38.7 Å².